The van der Waals surface area contributed by atoms with Gasteiger partial charge >= 0.3 is 0 Å². The van der Waals surface area contributed by atoms with E-state index in [9.17, 15) is 5.11 Å². The molecule has 1 N–H and O–H groups in total. The molecule has 2 aromatic rings. The summed E-state index contributed by atoms with van der Waals surface area (Å²) >= 11 is 0. The molecule has 0 saturated carbocycles. The van der Waals surface area contributed by atoms with Crippen LogP contribution in [-0.4, -0.2) is 35.7 Å². The minimum atomic E-state index is -0.543. The van der Waals surface area contributed by atoms with Crippen LogP contribution in [0.5, 0.6) is 5.75 Å². The molecule has 1 unspecified atom stereocenters. The van der Waals surface area contributed by atoms with Gasteiger partial charge in [-0.15, -0.1) is 0 Å². The Kier molecular flexibility index (Phi) is 5.09. The lowest BCUT2D eigenvalue weighted by Crippen LogP contribution is -2.24. The van der Waals surface area contributed by atoms with Crippen molar-refractivity contribution >= 4 is 0 Å². The molecule has 1 heterocycles. The third-order valence-electron chi connectivity index (χ3n) is 3.12. The van der Waals surface area contributed by atoms with E-state index in [-0.39, 0.29) is 0 Å². The molecule has 0 spiro atoms. The first-order valence-corrected chi connectivity index (χ1v) is 6.59. The van der Waals surface area contributed by atoms with Gasteiger partial charge in [0.05, 0.1) is 18.9 Å². The van der Waals surface area contributed by atoms with E-state index in [0.717, 1.165) is 17.0 Å². The third kappa shape index (κ3) is 4.05. The monoisotopic (exact) mass is 272 g/mol. The Bertz CT molecular complexity index is 531. The molecule has 1 atom stereocenters. The minimum Gasteiger partial charge on any atom is -0.497 e. The molecule has 1 aromatic heterocycles. The van der Waals surface area contributed by atoms with E-state index in [2.05, 4.69) is 4.98 Å². The van der Waals surface area contributed by atoms with Crippen LogP contribution in [-0.2, 0) is 6.54 Å². The van der Waals surface area contributed by atoms with Gasteiger partial charge in [0.15, 0.2) is 0 Å². The van der Waals surface area contributed by atoms with Gasteiger partial charge in [-0.3, -0.25) is 9.88 Å². The van der Waals surface area contributed by atoms with Crippen molar-refractivity contribution in [2.24, 2.45) is 0 Å². The molecule has 1 aromatic carbocycles. The summed E-state index contributed by atoms with van der Waals surface area (Å²) in [5.74, 6) is 0.758. The summed E-state index contributed by atoms with van der Waals surface area (Å²) in [6, 6.07) is 13.4. The molecule has 0 aliphatic rings. The molecule has 106 valence electrons. The lowest BCUT2D eigenvalue weighted by molar-refractivity contribution is 0.123. The molecule has 0 aliphatic carbocycles. The topological polar surface area (TPSA) is 45.6 Å². The van der Waals surface area contributed by atoms with E-state index in [4.69, 9.17) is 4.74 Å². The third-order valence-corrected chi connectivity index (χ3v) is 3.12. The molecule has 4 heteroatoms. The first kappa shape index (κ1) is 14.5. The molecule has 0 bridgehead atoms. The van der Waals surface area contributed by atoms with Crippen molar-refractivity contribution in [3.8, 4) is 5.75 Å². The first-order chi connectivity index (χ1) is 9.69. The maximum Gasteiger partial charge on any atom is 0.119 e. The average molecular weight is 272 g/mol. The lowest BCUT2D eigenvalue weighted by atomic mass is 10.1. The zero-order valence-electron chi connectivity index (χ0n) is 11.9. The largest absolute Gasteiger partial charge is 0.497 e. The second kappa shape index (κ2) is 7.03. The van der Waals surface area contributed by atoms with Gasteiger partial charge in [0, 0.05) is 19.3 Å². The fraction of sp³-hybridized carbons (Fsp3) is 0.312. The zero-order valence-corrected chi connectivity index (χ0v) is 11.9. The summed E-state index contributed by atoms with van der Waals surface area (Å²) in [6.45, 7) is 1.26. The zero-order chi connectivity index (χ0) is 14.4. The van der Waals surface area contributed by atoms with Crippen LogP contribution in [0.2, 0.25) is 0 Å². The van der Waals surface area contributed by atoms with Crippen molar-refractivity contribution in [2.75, 3.05) is 20.7 Å². The van der Waals surface area contributed by atoms with Gasteiger partial charge in [0.25, 0.3) is 0 Å². The van der Waals surface area contributed by atoms with E-state index < -0.39 is 6.10 Å². The summed E-state index contributed by atoms with van der Waals surface area (Å²) in [6.07, 6.45) is 1.24. The van der Waals surface area contributed by atoms with Gasteiger partial charge in [-0.1, -0.05) is 18.2 Å². The molecule has 20 heavy (non-hydrogen) atoms. The number of nitrogens with zero attached hydrogens (tertiary/aromatic N) is 2. The van der Waals surface area contributed by atoms with Gasteiger partial charge in [-0.05, 0) is 36.9 Å². The second-order valence-electron chi connectivity index (χ2n) is 4.81. The Hall–Kier alpha value is -1.91. The molecule has 0 saturated heterocycles. The van der Waals surface area contributed by atoms with Crippen LogP contribution in [0.15, 0.2) is 48.7 Å². The van der Waals surface area contributed by atoms with Crippen LogP contribution in [0.1, 0.15) is 17.4 Å². The fourth-order valence-corrected chi connectivity index (χ4v) is 2.08. The number of methoxy groups -OCH3 is 1. The van der Waals surface area contributed by atoms with Crippen molar-refractivity contribution in [3.63, 3.8) is 0 Å². The molecule has 0 fully saturated rings. The van der Waals surface area contributed by atoms with Crippen LogP contribution in [0.4, 0.5) is 0 Å². The Morgan fingerprint density at radius 2 is 2.10 bits per heavy atom. The number of benzene rings is 1. The number of aromatic nitrogens is 1. The van der Waals surface area contributed by atoms with Crippen molar-refractivity contribution in [3.05, 3.63) is 59.9 Å². The van der Waals surface area contributed by atoms with Crippen molar-refractivity contribution in [2.45, 2.75) is 12.6 Å². The van der Waals surface area contributed by atoms with Gasteiger partial charge in [-0.25, -0.2) is 0 Å². The van der Waals surface area contributed by atoms with Crippen LogP contribution in [0.25, 0.3) is 0 Å². The Morgan fingerprint density at radius 3 is 2.80 bits per heavy atom. The number of aliphatic hydroxyl groups is 1. The van der Waals surface area contributed by atoms with Gasteiger partial charge in [0.2, 0.25) is 0 Å². The number of pyridine rings is 1. The van der Waals surface area contributed by atoms with E-state index in [1.54, 1.807) is 13.3 Å². The highest BCUT2D eigenvalue weighted by Crippen LogP contribution is 2.19. The number of likely N-dealkylation sites (N-methyl/N-ethyl adjacent to an activating group) is 1. The lowest BCUT2D eigenvalue weighted by Gasteiger charge is -2.20. The molecule has 0 radical (unpaired) electrons. The summed E-state index contributed by atoms with van der Waals surface area (Å²) in [4.78, 5) is 6.33. The van der Waals surface area contributed by atoms with Crippen LogP contribution in [0.3, 0.4) is 0 Å². The number of ether oxygens (including phenoxy) is 1. The molecule has 0 amide bonds. The van der Waals surface area contributed by atoms with E-state index in [1.165, 1.54) is 0 Å². The summed E-state index contributed by atoms with van der Waals surface area (Å²) in [5.41, 5.74) is 1.85. The van der Waals surface area contributed by atoms with E-state index in [1.807, 2.05) is 54.4 Å². The maximum absolute atomic E-state index is 10.3. The predicted molar refractivity (Wildman–Crippen MR) is 78.5 cm³/mol. The predicted octanol–water partition coefficient (Wildman–Crippen LogP) is 2.26. The smallest absolute Gasteiger partial charge is 0.119 e. The number of aliphatic hydroxyl groups excluding tert-OH is 1. The van der Waals surface area contributed by atoms with Gasteiger partial charge < -0.3 is 9.84 Å². The normalized spacial score (nSPS) is 12.4. The highest BCUT2D eigenvalue weighted by molar-refractivity contribution is 5.29. The van der Waals surface area contributed by atoms with Crippen molar-refractivity contribution in [1.29, 1.82) is 0 Å². The highest BCUT2D eigenvalue weighted by Gasteiger charge is 2.12. The van der Waals surface area contributed by atoms with E-state index >= 15 is 0 Å². The standard InChI is InChI=1S/C16H20N2O2/c1-18(11-14-7-3-4-9-17-14)12-16(19)13-6-5-8-15(10-13)20-2/h3-10,16,19H,11-12H2,1-2H3. The van der Waals surface area contributed by atoms with Crippen molar-refractivity contribution in [1.82, 2.24) is 9.88 Å². The summed E-state index contributed by atoms with van der Waals surface area (Å²) in [5, 5.41) is 10.3. The maximum atomic E-state index is 10.3. The van der Waals surface area contributed by atoms with Gasteiger partial charge in [-0.2, -0.15) is 0 Å². The fourth-order valence-electron chi connectivity index (χ4n) is 2.08. The first-order valence-electron chi connectivity index (χ1n) is 6.59. The summed E-state index contributed by atoms with van der Waals surface area (Å²) < 4.78 is 5.17. The Balaban J connectivity index is 1.94. The van der Waals surface area contributed by atoms with Crippen LogP contribution < -0.4 is 4.74 Å². The average Bonchev–Trinajstić information content (AvgIpc) is 2.48. The van der Waals surface area contributed by atoms with Gasteiger partial charge in [0.1, 0.15) is 5.75 Å². The molecule has 4 nitrogen and oxygen atoms in total. The molecular weight excluding hydrogens is 252 g/mol. The second-order valence-corrected chi connectivity index (χ2v) is 4.81. The van der Waals surface area contributed by atoms with Crippen LogP contribution in [0, 0.1) is 0 Å². The van der Waals surface area contributed by atoms with Crippen LogP contribution >= 0.6 is 0 Å². The highest BCUT2D eigenvalue weighted by atomic mass is 16.5. The molecule has 0 aliphatic heterocycles. The number of hydrogen-bond acceptors (Lipinski definition) is 4. The number of hydrogen-bond donors (Lipinski definition) is 1. The van der Waals surface area contributed by atoms with Crippen molar-refractivity contribution < 1.29 is 9.84 Å². The molecule has 2 rings (SSSR count). The van der Waals surface area contributed by atoms with E-state index in [0.29, 0.717) is 13.1 Å². The quantitative estimate of drug-likeness (QED) is 0.876. The summed E-state index contributed by atoms with van der Waals surface area (Å²) in [7, 11) is 3.59. The Labute approximate surface area is 119 Å². The SMILES string of the molecule is COc1cccc(C(O)CN(C)Cc2ccccn2)c1. The number of rotatable bonds is 6. The Morgan fingerprint density at radius 1 is 1.25 bits per heavy atom. The molecular formula is C16H20N2O2. The minimum absolute atomic E-state index is 0.543.